The zero-order chi connectivity index (χ0) is 51.4. The molecular formula is C65H116O6. The van der Waals surface area contributed by atoms with Crippen molar-refractivity contribution in [3.8, 4) is 0 Å². The van der Waals surface area contributed by atoms with E-state index in [9.17, 15) is 14.4 Å². The lowest BCUT2D eigenvalue weighted by Gasteiger charge is -2.18. The van der Waals surface area contributed by atoms with Gasteiger partial charge in [0.25, 0.3) is 0 Å². The third-order valence-electron chi connectivity index (χ3n) is 13.5. The van der Waals surface area contributed by atoms with Gasteiger partial charge >= 0.3 is 17.9 Å². The van der Waals surface area contributed by atoms with Gasteiger partial charge in [0.2, 0.25) is 0 Å². The molecule has 0 saturated carbocycles. The Hall–Kier alpha value is -2.89. The van der Waals surface area contributed by atoms with E-state index in [-0.39, 0.29) is 31.1 Å². The number of esters is 3. The first-order chi connectivity index (χ1) is 35.0. The highest BCUT2D eigenvalue weighted by Gasteiger charge is 2.19. The van der Waals surface area contributed by atoms with Gasteiger partial charge in [-0.15, -0.1) is 0 Å². The van der Waals surface area contributed by atoms with E-state index in [0.29, 0.717) is 19.3 Å². The summed E-state index contributed by atoms with van der Waals surface area (Å²) in [5.74, 6) is -0.902. The fraction of sp³-hybridized carbons (Fsp3) is 0.800. The Labute approximate surface area is 440 Å². The molecule has 71 heavy (non-hydrogen) atoms. The Morgan fingerprint density at radius 2 is 0.549 bits per heavy atom. The van der Waals surface area contributed by atoms with Gasteiger partial charge in [-0.05, 0) is 103 Å². The van der Waals surface area contributed by atoms with Crippen LogP contribution in [-0.2, 0) is 28.6 Å². The van der Waals surface area contributed by atoms with Crippen molar-refractivity contribution in [2.24, 2.45) is 0 Å². The topological polar surface area (TPSA) is 78.9 Å². The molecule has 0 spiro atoms. The fourth-order valence-electron chi connectivity index (χ4n) is 8.81. The van der Waals surface area contributed by atoms with E-state index in [2.05, 4.69) is 81.5 Å². The molecule has 0 N–H and O–H groups in total. The summed E-state index contributed by atoms with van der Waals surface area (Å²) in [6.07, 6.45) is 75.0. The van der Waals surface area contributed by atoms with Gasteiger partial charge in [0.05, 0.1) is 0 Å². The monoisotopic (exact) mass is 993 g/mol. The molecule has 6 nitrogen and oxygen atoms in total. The van der Waals surface area contributed by atoms with Gasteiger partial charge in [0.1, 0.15) is 13.2 Å². The highest BCUT2D eigenvalue weighted by Crippen LogP contribution is 2.15. The average molecular weight is 994 g/mol. The zero-order valence-electron chi connectivity index (χ0n) is 47.2. The summed E-state index contributed by atoms with van der Waals surface area (Å²) >= 11 is 0. The normalized spacial score (nSPS) is 12.4. The van der Waals surface area contributed by atoms with Crippen molar-refractivity contribution < 1.29 is 28.6 Å². The number of rotatable bonds is 56. The zero-order valence-corrected chi connectivity index (χ0v) is 47.2. The molecule has 412 valence electrons. The standard InChI is InChI=1S/C65H116O6/c1-4-7-10-13-16-19-22-25-28-31-34-37-40-43-46-49-52-55-58-64(67)70-61-62(60-69-63(66)57-54-51-48-45-42-39-36-33-30-27-24-21-18-15-12-9-6-3)71-65(68)59-56-53-50-47-44-41-38-35-32-29-26-23-20-17-14-11-8-5-2/h18,21,27-28,30-31,34-35,37-38,62H,4-17,19-20,22-26,29,32-33,36,39-61H2,1-3H3/b21-18-,30-27-,31-28-,37-34-,38-35-. The Morgan fingerprint density at radius 1 is 0.296 bits per heavy atom. The van der Waals surface area contributed by atoms with Crippen LogP contribution in [0.5, 0.6) is 0 Å². The van der Waals surface area contributed by atoms with Crippen molar-refractivity contribution in [1.29, 1.82) is 0 Å². The van der Waals surface area contributed by atoms with Crippen LogP contribution in [0.4, 0.5) is 0 Å². The van der Waals surface area contributed by atoms with Crippen molar-refractivity contribution in [3.05, 3.63) is 60.8 Å². The number of unbranched alkanes of at least 4 members (excludes halogenated alkanes) is 36. The molecule has 0 aromatic heterocycles. The lowest BCUT2D eigenvalue weighted by Crippen LogP contribution is -2.30. The summed E-state index contributed by atoms with van der Waals surface area (Å²) in [4.78, 5) is 38.3. The number of carbonyl (C=O) groups is 3. The second-order valence-electron chi connectivity index (χ2n) is 20.6. The van der Waals surface area contributed by atoms with Crippen LogP contribution in [0.15, 0.2) is 60.8 Å². The van der Waals surface area contributed by atoms with Crippen LogP contribution in [0.1, 0.15) is 316 Å². The maximum atomic E-state index is 12.9. The van der Waals surface area contributed by atoms with E-state index in [1.54, 1.807) is 0 Å². The van der Waals surface area contributed by atoms with E-state index in [0.717, 1.165) is 103 Å². The summed E-state index contributed by atoms with van der Waals surface area (Å²) in [5.41, 5.74) is 0. The minimum absolute atomic E-state index is 0.0857. The molecule has 0 aliphatic rings. The third kappa shape index (κ3) is 57.9. The molecule has 0 fully saturated rings. The van der Waals surface area contributed by atoms with Gasteiger partial charge < -0.3 is 14.2 Å². The molecule has 1 unspecified atom stereocenters. The summed E-state index contributed by atoms with van der Waals surface area (Å²) in [6, 6.07) is 0. The van der Waals surface area contributed by atoms with Crippen molar-refractivity contribution in [3.63, 3.8) is 0 Å². The highest BCUT2D eigenvalue weighted by atomic mass is 16.6. The number of ether oxygens (including phenoxy) is 3. The minimum Gasteiger partial charge on any atom is -0.462 e. The van der Waals surface area contributed by atoms with E-state index in [1.807, 2.05) is 0 Å². The van der Waals surface area contributed by atoms with Crippen molar-refractivity contribution >= 4 is 17.9 Å². The first kappa shape index (κ1) is 68.1. The lowest BCUT2D eigenvalue weighted by atomic mass is 10.1. The largest absolute Gasteiger partial charge is 0.462 e. The highest BCUT2D eigenvalue weighted by molar-refractivity contribution is 5.71. The molecule has 0 aromatic carbocycles. The maximum absolute atomic E-state index is 12.9. The summed E-state index contributed by atoms with van der Waals surface area (Å²) in [5, 5.41) is 0. The van der Waals surface area contributed by atoms with Crippen LogP contribution in [0.3, 0.4) is 0 Å². The molecule has 0 aromatic rings. The average Bonchev–Trinajstić information content (AvgIpc) is 3.37. The van der Waals surface area contributed by atoms with Crippen molar-refractivity contribution in [1.82, 2.24) is 0 Å². The second-order valence-corrected chi connectivity index (χ2v) is 20.6. The third-order valence-corrected chi connectivity index (χ3v) is 13.5. The molecule has 0 rings (SSSR count). The Morgan fingerprint density at radius 3 is 0.901 bits per heavy atom. The van der Waals surface area contributed by atoms with Crippen LogP contribution in [0.2, 0.25) is 0 Å². The first-order valence-electron chi connectivity index (χ1n) is 30.8. The second kappa shape index (κ2) is 59.7. The number of hydrogen-bond acceptors (Lipinski definition) is 6. The molecule has 0 aliphatic carbocycles. The van der Waals surface area contributed by atoms with Crippen LogP contribution >= 0.6 is 0 Å². The van der Waals surface area contributed by atoms with Gasteiger partial charge in [0.15, 0.2) is 6.10 Å². The van der Waals surface area contributed by atoms with E-state index in [1.165, 1.54) is 173 Å². The molecular weight excluding hydrogens is 877 g/mol. The Bertz CT molecular complexity index is 1280. The molecule has 6 heteroatoms. The summed E-state index contributed by atoms with van der Waals surface area (Å²) < 4.78 is 16.9. The van der Waals surface area contributed by atoms with Crippen LogP contribution in [0.25, 0.3) is 0 Å². The van der Waals surface area contributed by atoms with E-state index < -0.39 is 6.10 Å². The molecule has 0 amide bonds. The predicted molar refractivity (Wildman–Crippen MR) is 307 cm³/mol. The van der Waals surface area contributed by atoms with Crippen LogP contribution < -0.4 is 0 Å². The van der Waals surface area contributed by atoms with E-state index in [4.69, 9.17) is 14.2 Å². The van der Waals surface area contributed by atoms with Gasteiger partial charge in [-0.1, -0.05) is 255 Å². The van der Waals surface area contributed by atoms with Crippen molar-refractivity contribution in [2.45, 2.75) is 322 Å². The fourth-order valence-corrected chi connectivity index (χ4v) is 8.81. The Balaban J connectivity index is 4.42. The lowest BCUT2D eigenvalue weighted by molar-refractivity contribution is -0.167. The Kier molecular flexibility index (Phi) is 57.2. The number of hydrogen-bond donors (Lipinski definition) is 0. The van der Waals surface area contributed by atoms with Gasteiger partial charge in [-0.3, -0.25) is 14.4 Å². The first-order valence-corrected chi connectivity index (χ1v) is 30.8. The van der Waals surface area contributed by atoms with Crippen molar-refractivity contribution in [2.75, 3.05) is 13.2 Å². The number of allylic oxidation sites excluding steroid dienone is 10. The molecule has 0 bridgehead atoms. The number of carbonyl (C=O) groups excluding carboxylic acids is 3. The SMILES string of the molecule is CCCCC/C=C\C/C=C\CCCCCCCCCC(=O)OCC(COC(=O)CCCCCCC/C=C\C=C/CCCCCCCCC)OC(=O)CCCCCCC/C=C\CCCCCCCCCCC. The smallest absolute Gasteiger partial charge is 0.306 e. The van der Waals surface area contributed by atoms with Gasteiger partial charge in [-0.25, -0.2) is 0 Å². The molecule has 0 radical (unpaired) electrons. The molecule has 0 saturated heterocycles. The van der Waals surface area contributed by atoms with Crippen LogP contribution in [-0.4, -0.2) is 37.2 Å². The molecule has 0 aliphatic heterocycles. The maximum Gasteiger partial charge on any atom is 0.306 e. The summed E-state index contributed by atoms with van der Waals surface area (Å²) in [7, 11) is 0. The van der Waals surface area contributed by atoms with Gasteiger partial charge in [0, 0.05) is 19.3 Å². The van der Waals surface area contributed by atoms with E-state index >= 15 is 0 Å². The minimum atomic E-state index is -0.789. The summed E-state index contributed by atoms with van der Waals surface area (Å²) in [6.45, 7) is 6.62. The predicted octanol–water partition coefficient (Wildman–Crippen LogP) is 20.8. The quantitative estimate of drug-likeness (QED) is 0.0199. The molecule has 1 atom stereocenters. The van der Waals surface area contributed by atoms with Crippen LogP contribution in [0, 0.1) is 0 Å². The molecule has 0 heterocycles. The van der Waals surface area contributed by atoms with Gasteiger partial charge in [-0.2, -0.15) is 0 Å².